The molecule has 1 heterocycles. The van der Waals surface area contributed by atoms with E-state index in [1.54, 1.807) is 18.2 Å². The normalized spacial score (nSPS) is 12.8. The van der Waals surface area contributed by atoms with Gasteiger partial charge in [-0.3, -0.25) is 0 Å². The third-order valence-corrected chi connectivity index (χ3v) is 3.58. The summed E-state index contributed by atoms with van der Waals surface area (Å²) in [4.78, 5) is 4.51. The van der Waals surface area contributed by atoms with Gasteiger partial charge >= 0.3 is 0 Å². The number of hydrogen-bond donors (Lipinski definition) is 1. The van der Waals surface area contributed by atoms with Crippen molar-refractivity contribution in [2.75, 3.05) is 5.32 Å². The number of aryl methyl sites for hydroxylation is 2. The molecule has 3 nitrogen and oxygen atoms in total. The predicted molar refractivity (Wildman–Crippen MR) is 74.7 cm³/mol. The van der Waals surface area contributed by atoms with Crippen LogP contribution in [0, 0.1) is 17.1 Å². The first-order valence-corrected chi connectivity index (χ1v) is 6.68. The molecule has 100 valence electrons. The lowest BCUT2D eigenvalue weighted by Gasteiger charge is -2.10. The highest BCUT2D eigenvalue weighted by Gasteiger charge is 2.16. The molecule has 0 bridgehead atoms. The Labute approximate surface area is 117 Å². The Bertz CT molecular complexity index is 689. The van der Waals surface area contributed by atoms with E-state index in [4.69, 9.17) is 0 Å². The summed E-state index contributed by atoms with van der Waals surface area (Å²) in [6.07, 6.45) is 3.03. The number of aromatic nitrogens is 1. The summed E-state index contributed by atoms with van der Waals surface area (Å²) in [5.41, 5.74) is 3.32. The molecule has 0 spiro atoms. The van der Waals surface area contributed by atoms with Crippen molar-refractivity contribution in [2.24, 2.45) is 0 Å². The van der Waals surface area contributed by atoms with Gasteiger partial charge < -0.3 is 5.32 Å². The summed E-state index contributed by atoms with van der Waals surface area (Å²) in [6.45, 7) is 0.327. The zero-order chi connectivity index (χ0) is 13.9. The summed E-state index contributed by atoms with van der Waals surface area (Å²) in [5.74, 6) is 0.302. The molecule has 1 N–H and O–H groups in total. The van der Waals surface area contributed by atoms with Gasteiger partial charge in [-0.2, -0.15) is 5.26 Å². The quantitative estimate of drug-likeness (QED) is 0.929. The highest BCUT2D eigenvalue weighted by molar-refractivity contribution is 5.55. The molecule has 1 aliphatic rings. The van der Waals surface area contributed by atoms with E-state index in [0.29, 0.717) is 23.5 Å². The van der Waals surface area contributed by atoms with Crippen LogP contribution < -0.4 is 5.32 Å². The highest BCUT2D eigenvalue weighted by Crippen LogP contribution is 2.25. The van der Waals surface area contributed by atoms with E-state index in [1.807, 2.05) is 6.07 Å². The first kappa shape index (κ1) is 12.6. The molecule has 0 atom stereocenters. The van der Waals surface area contributed by atoms with Crippen molar-refractivity contribution in [3.63, 3.8) is 0 Å². The molecule has 0 unspecified atom stereocenters. The number of pyridine rings is 1. The maximum absolute atomic E-state index is 13.6. The minimum absolute atomic E-state index is 0.250. The van der Waals surface area contributed by atoms with Gasteiger partial charge in [-0.25, -0.2) is 9.37 Å². The van der Waals surface area contributed by atoms with E-state index in [-0.39, 0.29) is 5.82 Å². The second-order valence-corrected chi connectivity index (χ2v) is 4.90. The lowest BCUT2D eigenvalue weighted by Crippen LogP contribution is -2.06. The Morgan fingerprint density at radius 3 is 2.95 bits per heavy atom. The Kier molecular flexibility index (Phi) is 3.34. The van der Waals surface area contributed by atoms with E-state index in [2.05, 4.69) is 16.4 Å². The third-order valence-electron chi connectivity index (χ3n) is 3.58. The smallest absolute Gasteiger partial charge is 0.144 e. The van der Waals surface area contributed by atoms with Gasteiger partial charge in [0.15, 0.2) is 0 Å². The fourth-order valence-electron chi connectivity index (χ4n) is 2.51. The van der Waals surface area contributed by atoms with E-state index in [9.17, 15) is 9.65 Å². The molecule has 4 heteroatoms. The van der Waals surface area contributed by atoms with E-state index >= 15 is 0 Å². The zero-order valence-electron chi connectivity index (χ0n) is 11.0. The van der Waals surface area contributed by atoms with Crippen LogP contribution in [0.5, 0.6) is 0 Å². The number of anilines is 1. The molecular formula is C16H14FN3. The maximum Gasteiger partial charge on any atom is 0.144 e. The van der Waals surface area contributed by atoms with Gasteiger partial charge in [0.2, 0.25) is 0 Å². The second-order valence-electron chi connectivity index (χ2n) is 4.90. The molecule has 0 saturated carbocycles. The van der Waals surface area contributed by atoms with Gasteiger partial charge in [0, 0.05) is 17.8 Å². The van der Waals surface area contributed by atoms with Crippen LogP contribution in [0.2, 0.25) is 0 Å². The number of benzene rings is 1. The van der Waals surface area contributed by atoms with Crippen LogP contribution in [0.15, 0.2) is 30.3 Å². The van der Waals surface area contributed by atoms with Crippen molar-refractivity contribution in [1.29, 1.82) is 5.26 Å². The van der Waals surface area contributed by atoms with Gasteiger partial charge in [0.05, 0.1) is 5.56 Å². The molecule has 20 heavy (non-hydrogen) atoms. The zero-order valence-corrected chi connectivity index (χ0v) is 11.0. The van der Waals surface area contributed by atoms with Crippen molar-refractivity contribution in [3.05, 3.63) is 58.5 Å². The number of nitrogens with one attached hydrogen (secondary N) is 1. The van der Waals surface area contributed by atoms with E-state index in [0.717, 1.165) is 30.5 Å². The number of fused-ring (bicyclic) bond motifs is 1. The van der Waals surface area contributed by atoms with Crippen LogP contribution in [0.25, 0.3) is 0 Å². The Balaban J connectivity index is 1.84. The molecular weight excluding hydrogens is 253 g/mol. The van der Waals surface area contributed by atoms with Gasteiger partial charge in [0.1, 0.15) is 17.7 Å². The molecule has 0 radical (unpaired) electrons. The molecule has 0 saturated heterocycles. The molecule has 0 fully saturated rings. The third kappa shape index (κ3) is 2.35. The van der Waals surface area contributed by atoms with Crippen molar-refractivity contribution in [2.45, 2.75) is 25.8 Å². The first-order chi connectivity index (χ1) is 9.78. The van der Waals surface area contributed by atoms with Gasteiger partial charge in [-0.05, 0) is 37.0 Å². The molecule has 1 aromatic carbocycles. The summed E-state index contributed by atoms with van der Waals surface area (Å²) in [5, 5.41) is 12.3. The summed E-state index contributed by atoms with van der Waals surface area (Å²) in [7, 11) is 0. The average molecular weight is 267 g/mol. The summed E-state index contributed by atoms with van der Waals surface area (Å²) >= 11 is 0. The molecule has 1 aliphatic carbocycles. The second kappa shape index (κ2) is 5.30. The summed E-state index contributed by atoms with van der Waals surface area (Å²) in [6, 6.07) is 10.7. The van der Waals surface area contributed by atoms with Crippen LogP contribution >= 0.6 is 0 Å². The lowest BCUT2D eigenvalue weighted by molar-refractivity contribution is 0.613. The van der Waals surface area contributed by atoms with Crippen molar-refractivity contribution >= 4 is 5.82 Å². The van der Waals surface area contributed by atoms with Crippen molar-refractivity contribution in [1.82, 2.24) is 4.98 Å². The molecule has 1 aromatic heterocycles. The Morgan fingerprint density at radius 2 is 2.15 bits per heavy atom. The maximum atomic E-state index is 13.6. The Hall–Kier alpha value is -2.41. The number of halogens is 1. The van der Waals surface area contributed by atoms with E-state index in [1.165, 1.54) is 6.07 Å². The minimum atomic E-state index is -0.250. The largest absolute Gasteiger partial charge is 0.365 e. The SMILES string of the molecule is N#Cc1cc2c(nc1NCc1ccccc1F)CCC2. The fraction of sp³-hybridized carbons (Fsp3) is 0.250. The molecule has 2 aromatic rings. The van der Waals surface area contributed by atoms with Gasteiger partial charge in [-0.15, -0.1) is 0 Å². The standard InChI is InChI=1S/C16H14FN3/c17-14-6-2-1-4-12(14)10-19-16-13(9-18)8-11-5-3-7-15(11)20-16/h1-2,4,6,8H,3,5,7,10H2,(H,19,20). The number of nitrogens with zero attached hydrogens (tertiary/aromatic N) is 2. The highest BCUT2D eigenvalue weighted by atomic mass is 19.1. The van der Waals surface area contributed by atoms with Crippen LogP contribution in [0.4, 0.5) is 10.2 Å². The molecule has 0 amide bonds. The van der Waals surface area contributed by atoms with Gasteiger partial charge in [0.25, 0.3) is 0 Å². The predicted octanol–water partition coefficient (Wildman–Crippen LogP) is 3.19. The van der Waals surface area contributed by atoms with Crippen molar-refractivity contribution < 1.29 is 4.39 Å². The Morgan fingerprint density at radius 1 is 1.30 bits per heavy atom. The van der Waals surface area contributed by atoms with Gasteiger partial charge in [-0.1, -0.05) is 18.2 Å². The first-order valence-electron chi connectivity index (χ1n) is 6.68. The molecule has 0 aliphatic heterocycles. The van der Waals surface area contributed by atoms with Crippen LogP contribution in [-0.4, -0.2) is 4.98 Å². The van der Waals surface area contributed by atoms with Crippen LogP contribution in [0.3, 0.4) is 0 Å². The van der Waals surface area contributed by atoms with Crippen LogP contribution in [-0.2, 0) is 19.4 Å². The molecule has 3 rings (SSSR count). The summed E-state index contributed by atoms with van der Waals surface area (Å²) < 4.78 is 13.6. The fourth-order valence-corrected chi connectivity index (χ4v) is 2.51. The number of hydrogen-bond acceptors (Lipinski definition) is 3. The monoisotopic (exact) mass is 267 g/mol. The van der Waals surface area contributed by atoms with E-state index < -0.39 is 0 Å². The van der Waals surface area contributed by atoms with Crippen LogP contribution in [0.1, 0.15) is 28.8 Å². The minimum Gasteiger partial charge on any atom is -0.365 e. The number of rotatable bonds is 3. The average Bonchev–Trinajstić information content (AvgIpc) is 2.92. The van der Waals surface area contributed by atoms with Crippen molar-refractivity contribution in [3.8, 4) is 6.07 Å². The lowest BCUT2D eigenvalue weighted by atomic mass is 10.1. The number of nitriles is 1. The topological polar surface area (TPSA) is 48.7 Å².